The van der Waals surface area contributed by atoms with Gasteiger partial charge in [0.1, 0.15) is 0 Å². The second-order valence-electron chi connectivity index (χ2n) is 0.925. The molecule has 0 unspecified atom stereocenters. The van der Waals surface area contributed by atoms with Gasteiger partial charge in [0.15, 0.2) is 0 Å². The summed E-state index contributed by atoms with van der Waals surface area (Å²) >= 11 is 1.93. The van der Waals surface area contributed by atoms with Crippen LogP contribution in [0, 0.1) is 0 Å². The summed E-state index contributed by atoms with van der Waals surface area (Å²) in [4.78, 5) is 0. The maximum atomic E-state index is 4.80. The van der Waals surface area contributed by atoms with E-state index in [2.05, 4.69) is 0 Å². The molecule has 0 radical (unpaired) electrons. The Morgan fingerprint density at radius 3 is 2.67 bits per heavy atom. The summed E-state index contributed by atoms with van der Waals surface area (Å²) in [6.45, 7) is 2.73. The monoisotopic (exact) mass is 78.1 g/mol. The summed E-state index contributed by atoms with van der Waals surface area (Å²) in [6, 6.07) is 0. The van der Waals surface area contributed by atoms with E-state index in [0.717, 1.165) is 6.61 Å². The first-order chi connectivity index (χ1) is 2.91. The van der Waals surface area contributed by atoms with Gasteiger partial charge >= 0.3 is 47.0 Å². The van der Waals surface area contributed by atoms with E-state index in [1.807, 2.05) is 29.4 Å². The molecule has 0 saturated carbocycles. The molecule has 0 spiro atoms. The molecule has 0 heterocycles. The van der Waals surface area contributed by atoms with Gasteiger partial charge in [-0.3, -0.25) is 0 Å². The molecule has 0 aromatic carbocycles. The van der Waals surface area contributed by atoms with Crippen molar-refractivity contribution in [3.05, 3.63) is 11.0 Å². The fourth-order valence-corrected chi connectivity index (χ4v) is 0.192. The molecule has 6 heavy (non-hydrogen) atoms. The van der Waals surface area contributed by atoms with Gasteiger partial charge in [-0.2, -0.15) is 0 Å². The topological polar surface area (TPSA) is 9.23 Å². The van der Waals surface area contributed by atoms with Crippen LogP contribution in [0.25, 0.3) is 0 Å². The first kappa shape index (κ1) is 6.14. The average molecular weight is 78.0 g/mol. The minimum atomic E-state index is 0.768. The summed E-state index contributed by atoms with van der Waals surface area (Å²) < 4.78 is 6.67. The van der Waals surface area contributed by atoms with Gasteiger partial charge in [0.2, 0.25) is 0 Å². The third-order valence-corrected chi connectivity index (χ3v) is 0.399. The molecule has 0 amide bonds. The molecule has 0 aliphatic rings. The molecule has 0 atom stereocenters. The standard InChI is InChI=1S/C4H7O.Li/c1-3-5-4-2;/h1,3H,4H2,2H3;. The molecule has 0 saturated heterocycles. The van der Waals surface area contributed by atoms with Crippen LogP contribution in [0.2, 0.25) is 0 Å². The van der Waals surface area contributed by atoms with Crippen LogP contribution in [0.15, 0.2) is 11.0 Å². The second kappa shape index (κ2) is 5.14. The summed E-state index contributed by atoms with van der Waals surface area (Å²) in [6.07, 6.45) is 1.68. The number of ether oxygens (including phenoxy) is 1. The first-order valence-electron chi connectivity index (χ1n) is 2.14. The number of hydrogen-bond acceptors (Lipinski definition) is 1. The van der Waals surface area contributed by atoms with E-state index >= 15 is 0 Å². The van der Waals surface area contributed by atoms with Crippen molar-refractivity contribution >= 4 is 17.7 Å². The zero-order valence-electron chi connectivity index (χ0n) is 4.27. The summed E-state index contributed by atoms with van der Waals surface area (Å²) in [5, 5.41) is 0. The molecule has 1 nitrogen and oxygen atoms in total. The zero-order valence-corrected chi connectivity index (χ0v) is 4.27. The molecular weight excluding hydrogens is 71.0 g/mol. The molecular formula is C4H7LiO. The normalized spacial score (nSPS) is 9.83. The Balaban J connectivity index is 2.66. The van der Waals surface area contributed by atoms with E-state index in [-0.39, 0.29) is 0 Å². The van der Waals surface area contributed by atoms with Gasteiger partial charge in [-0.25, -0.2) is 0 Å². The van der Waals surface area contributed by atoms with E-state index in [4.69, 9.17) is 4.74 Å². The van der Waals surface area contributed by atoms with Gasteiger partial charge in [-0.05, 0) is 0 Å². The Hall–Kier alpha value is 0.137. The van der Waals surface area contributed by atoms with Crippen LogP contribution in [-0.2, 0) is 4.74 Å². The van der Waals surface area contributed by atoms with Crippen molar-refractivity contribution in [2.45, 2.75) is 6.92 Å². The van der Waals surface area contributed by atoms with Crippen molar-refractivity contribution in [2.75, 3.05) is 6.61 Å². The van der Waals surface area contributed by atoms with E-state index in [1.165, 1.54) is 0 Å². The van der Waals surface area contributed by atoms with Gasteiger partial charge in [-0.15, -0.1) is 0 Å². The second-order valence-corrected chi connectivity index (χ2v) is 0.925. The summed E-state index contributed by atoms with van der Waals surface area (Å²) in [5.74, 6) is 0. The summed E-state index contributed by atoms with van der Waals surface area (Å²) in [5.41, 5.74) is 0. The van der Waals surface area contributed by atoms with E-state index in [0.29, 0.717) is 0 Å². The van der Waals surface area contributed by atoms with E-state index < -0.39 is 0 Å². The Labute approximate surface area is 47.6 Å². The van der Waals surface area contributed by atoms with Crippen LogP contribution in [0.4, 0.5) is 0 Å². The molecule has 0 aliphatic heterocycles. The molecule has 0 bridgehead atoms. The van der Waals surface area contributed by atoms with Crippen molar-refractivity contribution in [1.29, 1.82) is 0 Å². The molecule has 0 fully saturated rings. The van der Waals surface area contributed by atoms with Gasteiger partial charge in [0.25, 0.3) is 0 Å². The maximum absolute atomic E-state index is 4.80. The SMILES string of the molecule is [Li]/[CH]=C\OCC. The molecule has 0 aliphatic carbocycles. The molecule has 0 aromatic heterocycles. The van der Waals surface area contributed by atoms with Crippen LogP contribution in [0.5, 0.6) is 0 Å². The van der Waals surface area contributed by atoms with Crippen LogP contribution in [0.1, 0.15) is 6.92 Å². The molecule has 0 rings (SSSR count). The Bertz CT molecular complexity index is 42.8. The van der Waals surface area contributed by atoms with E-state index in [1.54, 1.807) is 6.26 Å². The van der Waals surface area contributed by atoms with Crippen molar-refractivity contribution in [2.24, 2.45) is 0 Å². The van der Waals surface area contributed by atoms with Gasteiger partial charge in [-0.1, -0.05) is 0 Å². The predicted molar refractivity (Wildman–Crippen MR) is 26.5 cm³/mol. The Morgan fingerprint density at radius 1 is 1.83 bits per heavy atom. The van der Waals surface area contributed by atoms with Crippen LogP contribution < -0.4 is 0 Å². The molecule has 2 heteroatoms. The zero-order chi connectivity index (χ0) is 4.83. The van der Waals surface area contributed by atoms with Crippen molar-refractivity contribution in [3.63, 3.8) is 0 Å². The fourth-order valence-electron chi connectivity index (χ4n) is 0.192. The minimum absolute atomic E-state index is 0.768. The van der Waals surface area contributed by atoms with Crippen LogP contribution in [-0.4, -0.2) is 24.3 Å². The van der Waals surface area contributed by atoms with Crippen LogP contribution >= 0.6 is 0 Å². The third-order valence-electron chi connectivity index (χ3n) is 0.399. The van der Waals surface area contributed by atoms with Crippen molar-refractivity contribution in [1.82, 2.24) is 0 Å². The average Bonchev–Trinajstić information content (AvgIpc) is 1.61. The Morgan fingerprint density at radius 2 is 2.50 bits per heavy atom. The quantitative estimate of drug-likeness (QED) is 0.348. The third kappa shape index (κ3) is 4.14. The summed E-state index contributed by atoms with van der Waals surface area (Å²) in [7, 11) is 0. The fraction of sp³-hybridized carbons (Fsp3) is 0.500. The van der Waals surface area contributed by atoms with Crippen molar-refractivity contribution < 1.29 is 4.74 Å². The van der Waals surface area contributed by atoms with Gasteiger partial charge < -0.3 is 0 Å². The molecule has 0 N–H and O–H groups in total. The first-order valence-corrected chi connectivity index (χ1v) is 2.14. The van der Waals surface area contributed by atoms with Gasteiger partial charge in [0, 0.05) is 0 Å². The Kier molecular flexibility index (Phi) is 5.26. The van der Waals surface area contributed by atoms with Crippen molar-refractivity contribution in [3.8, 4) is 0 Å². The number of hydrogen-bond donors (Lipinski definition) is 0. The van der Waals surface area contributed by atoms with Gasteiger partial charge in [0.05, 0.1) is 0 Å². The molecule has 0 aromatic rings. The number of rotatable bonds is 2. The predicted octanol–water partition coefficient (Wildman–Crippen LogP) is 0.663. The van der Waals surface area contributed by atoms with E-state index in [9.17, 15) is 0 Å². The van der Waals surface area contributed by atoms with Crippen LogP contribution in [0.3, 0.4) is 0 Å². The molecule has 30 valence electrons.